The van der Waals surface area contributed by atoms with Crippen LogP contribution < -0.4 is 10.1 Å². The molecule has 0 aliphatic rings. The summed E-state index contributed by atoms with van der Waals surface area (Å²) in [6.45, 7) is 3.90. The molecule has 0 radical (unpaired) electrons. The van der Waals surface area contributed by atoms with E-state index in [2.05, 4.69) is 15.3 Å². The van der Waals surface area contributed by atoms with Crippen molar-refractivity contribution < 1.29 is 9.53 Å². The van der Waals surface area contributed by atoms with E-state index in [4.69, 9.17) is 4.74 Å². The lowest BCUT2D eigenvalue weighted by molar-refractivity contribution is 0.0939. The van der Waals surface area contributed by atoms with Crippen LogP contribution in [0.4, 0.5) is 0 Å². The topological polar surface area (TPSA) is 64.1 Å². The van der Waals surface area contributed by atoms with Gasteiger partial charge in [0, 0.05) is 6.20 Å². The van der Waals surface area contributed by atoms with Crippen molar-refractivity contribution in [1.82, 2.24) is 15.3 Å². The Balaban J connectivity index is 1.79. The average Bonchev–Trinajstić information content (AvgIpc) is 3.08. The quantitative estimate of drug-likeness (QED) is 0.701. The van der Waals surface area contributed by atoms with E-state index in [0.717, 1.165) is 34.1 Å². The molecule has 1 N–H and O–H groups in total. The summed E-state index contributed by atoms with van der Waals surface area (Å²) in [5, 5.41) is 3.87. The van der Waals surface area contributed by atoms with Gasteiger partial charge < -0.3 is 10.1 Å². The van der Waals surface area contributed by atoms with Crippen molar-refractivity contribution in [3.05, 3.63) is 64.8 Å². The summed E-state index contributed by atoms with van der Waals surface area (Å²) >= 11 is 1.37. The minimum atomic E-state index is -0.107. The number of amides is 1. The highest BCUT2D eigenvalue weighted by atomic mass is 32.1. The van der Waals surface area contributed by atoms with Gasteiger partial charge >= 0.3 is 0 Å². The van der Waals surface area contributed by atoms with Crippen LogP contribution in [-0.2, 0) is 0 Å². The first-order valence-corrected chi connectivity index (χ1v) is 9.27. The van der Waals surface area contributed by atoms with Gasteiger partial charge in [-0.2, -0.15) is 0 Å². The number of methoxy groups -OCH3 is 1. The Bertz CT molecular complexity index is 876. The summed E-state index contributed by atoms with van der Waals surface area (Å²) in [5.74, 6) is 0.693. The van der Waals surface area contributed by atoms with Gasteiger partial charge in [-0.1, -0.05) is 25.1 Å². The molecule has 2 heterocycles. The molecule has 1 atom stereocenters. The van der Waals surface area contributed by atoms with Crippen LogP contribution >= 0.6 is 11.3 Å². The summed E-state index contributed by atoms with van der Waals surface area (Å²) in [7, 11) is 1.64. The Labute approximate surface area is 157 Å². The third-order valence-electron chi connectivity index (χ3n) is 4.12. The van der Waals surface area contributed by atoms with E-state index in [1.54, 1.807) is 13.3 Å². The first-order chi connectivity index (χ1) is 12.6. The van der Waals surface area contributed by atoms with Gasteiger partial charge in [0.1, 0.15) is 15.6 Å². The summed E-state index contributed by atoms with van der Waals surface area (Å²) in [6, 6.07) is 13.4. The number of ether oxygens (including phenoxy) is 1. The Morgan fingerprint density at radius 2 is 2.00 bits per heavy atom. The molecule has 1 amide bonds. The SMILES string of the molecule is CCC(NC(=O)c1sc(-c2ccccn2)nc1C)c1ccc(OC)cc1. The van der Waals surface area contributed by atoms with Crippen LogP contribution in [0.15, 0.2) is 48.7 Å². The Morgan fingerprint density at radius 1 is 1.23 bits per heavy atom. The van der Waals surface area contributed by atoms with Crippen molar-refractivity contribution in [1.29, 1.82) is 0 Å². The van der Waals surface area contributed by atoms with E-state index in [-0.39, 0.29) is 11.9 Å². The monoisotopic (exact) mass is 367 g/mol. The second-order valence-corrected chi connectivity index (χ2v) is 6.86. The maximum absolute atomic E-state index is 12.8. The van der Waals surface area contributed by atoms with Crippen molar-refractivity contribution in [2.24, 2.45) is 0 Å². The molecule has 0 aliphatic heterocycles. The van der Waals surface area contributed by atoms with Crippen LogP contribution in [-0.4, -0.2) is 23.0 Å². The molecule has 0 bridgehead atoms. The molecule has 5 nitrogen and oxygen atoms in total. The van der Waals surface area contributed by atoms with E-state index in [1.807, 2.05) is 56.3 Å². The molecule has 0 saturated carbocycles. The summed E-state index contributed by atoms with van der Waals surface area (Å²) < 4.78 is 5.19. The van der Waals surface area contributed by atoms with Crippen molar-refractivity contribution in [3.8, 4) is 16.5 Å². The average molecular weight is 367 g/mol. The first-order valence-electron chi connectivity index (χ1n) is 8.46. The standard InChI is InChI=1S/C20H21N3O2S/c1-4-16(14-8-10-15(25-3)11-9-14)23-19(24)18-13(2)22-20(26-18)17-7-5-6-12-21-17/h5-12,16H,4H2,1-3H3,(H,23,24). The van der Waals surface area contributed by atoms with Gasteiger partial charge in [-0.05, 0) is 43.2 Å². The molecule has 0 fully saturated rings. The number of hydrogen-bond acceptors (Lipinski definition) is 5. The minimum absolute atomic E-state index is 0.0618. The van der Waals surface area contributed by atoms with Crippen molar-refractivity contribution in [3.63, 3.8) is 0 Å². The van der Waals surface area contributed by atoms with E-state index < -0.39 is 0 Å². The van der Waals surface area contributed by atoms with Crippen molar-refractivity contribution in [2.45, 2.75) is 26.3 Å². The molecule has 1 aromatic carbocycles. The number of aromatic nitrogens is 2. The lowest BCUT2D eigenvalue weighted by Gasteiger charge is -2.17. The number of nitrogens with zero attached hydrogens (tertiary/aromatic N) is 2. The van der Waals surface area contributed by atoms with Crippen LogP contribution in [0.2, 0.25) is 0 Å². The highest BCUT2D eigenvalue weighted by Gasteiger charge is 2.20. The molecule has 0 saturated heterocycles. The molecule has 1 unspecified atom stereocenters. The molecule has 2 aromatic heterocycles. The van der Waals surface area contributed by atoms with Gasteiger partial charge in [-0.25, -0.2) is 4.98 Å². The van der Waals surface area contributed by atoms with Gasteiger partial charge in [0.2, 0.25) is 0 Å². The molecule has 3 rings (SSSR count). The summed E-state index contributed by atoms with van der Waals surface area (Å²) in [6.07, 6.45) is 2.52. The lowest BCUT2D eigenvalue weighted by atomic mass is 10.0. The Kier molecular flexibility index (Phi) is 5.63. The number of pyridine rings is 1. The van der Waals surface area contributed by atoms with E-state index in [0.29, 0.717) is 4.88 Å². The van der Waals surface area contributed by atoms with Gasteiger partial charge in [0.25, 0.3) is 5.91 Å². The number of nitrogens with one attached hydrogen (secondary N) is 1. The number of thiazole rings is 1. The maximum Gasteiger partial charge on any atom is 0.263 e. The zero-order valence-electron chi connectivity index (χ0n) is 15.0. The van der Waals surface area contributed by atoms with Crippen molar-refractivity contribution >= 4 is 17.2 Å². The Hall–Kier alpha value is -2.73. The number of benzene rings is 1. The van der Waals surface area contributed by atoms with Crippen LogP contribution in [0.5, 0.6) is 5.75 Å². The third kappa shape index (κ3) is 3.91. The van der Waals surface area contributed by atoms with Gasteiger partial charge in [-0.15, -0.1) is 11.3 Å². The number of carbonyl (C=O) groups is 1. The zero-order chi connectivity index (χ0) is 18.5. The number of carbonyl (C=O) groups excluding carboxylic acids is 1. The number of hydrogen-bond donors (Lipinski definition) is 1. The fourth-order valence-corrected chi connectivity index (χ4v) is 3.63. The summed E-state index contributed by atoms with van der Waals surface area (Å²) in [5.41, 5.74) is 2.55. The molecule has 26 heavy (non-hydrogen) atoms. The zero-order valence-corrected chi connectivity index (χ0v) is 15.8. The van der Waals surface area contributed by atoms with Gasteiger partial charge in [-0.3, -0.25) is 9.78 Å². The number of rotatable bonds is 6. The molecule has 134 valence electrons. The van der Waals surface area contributed by atoms with Crippen LogP contribution in [0.25, 0.3) is 10.7 Å². The normalized spacial score (nSPS) is 11.8. The predicted octanol–water partition coefficient (Wildman–Crippen LogP) is 4.40. The molecular formula is C20H21N3O2S. The first kappa shape index (κ1) is 18.1. The van der Waals surface area contributed by atoms with Gasteiger partial charge in [0.15, 0.2) is 0 Å². The molecular weight excluding hydrogens is 346 g/mol. The third-order valence-corrected chi connectivity index (χ3v) is 5.30. The smallest absolute Gasteiger partial charge is 0.263 e. The van der Waals surface area contributed by atoms with E-state index in [9.17, 15) is 4.79 Å². The highest BCUT2D eigenvalue weighted by molar-refractivity contribution is 7.17. The predicted molar refractivity (Wildman–Crippen MR) is 104 cm³/mol. The Morgan fingerprint density at radius 3 is 2.62 bits per heavy atom. The number of aryl methyl sites for hydroxylation is 1. The van der Waals surface area contributed by atoms with Crippen LogP contribution in [0.1, 0.15) is 40.3 Å². The van der Waals surface area contributed by atoms with E-state index >= 15 is 0 Å². The van der Waals surface area contributed by atoms with Crippen molar-refractivity contribution in [2.75, 3.05) is 7.11 Å². The van der Waals surface area contributed by atoms with E-state index in [1.165, 1.54) is 11.3 Å². The lowest BCUT2D eigenvalue weighted by Crippen LogP contribution is -2.28. The van der Waals surface area contributed by atoms with Crippen LogP contribution in [0, 0.1) is 6.92 Å². The maximum atomic E-state index is 12.8. The molecule has 6 heteroatoms. The molecule has 0 spiro atoms. The second kappa shape index (κ2) is 8.10. The van der Waals surface area contributed by atoms with Crippen LogP contribution in [0.3, 0.4) is 0 Å². The molecule has 0 aliphatic carbocycles. The minimum Gasteiger partial charge on any atom is -0.497 e. The second-order valence-electron chi connectivity index (χ2n) is 5.86. The van der Waals surface area contributed by atoms with Gasteiger partial charge in [0.05, 0.1) is 24.5 Å². The molecule has 3 aromatic rings. The highest BCUT2D eigenvalue weighted by Crippen LogP contribution is 2.27. The largest absolute Gasteiger partial charge is 0.497 e. The summed E-state index contributed by atoms with van der Waals surface area (Å²) in [4.78, 5) is 22.2. The fourth-order valence-electron chi connectivity index (χ4n) is 2.69. The fraction of sp³-hybridized carbons (Fsp3) is 0.250.